The summed E-state index contributed by atoms with van der Waals surface area (Å²) in [6.45, 7) is 4.11. The van der Waals surface area contributed by atoms with E-state index < -0.39 is 0 Å². The second kappa shape index (κ2) is 5.04. The summed E-state index contributed by atoms with van der Waals surface area (Å²) in [5, 5.41) is 4.68. The third-order valence-electron chi connectivity index (χ3n) is 3.98. The molecule has 0 bridgehead atoms. The summed E-state index contributed by atoms with van der Waals surface area (Å²) in [5.41, 5.74) is 3.60. The maximum Gasteiger partial charge on any atom is 0.113 e. The van der Waals surface area contributed by atoms with Crippen molar-refractivity contribution in [2.24, 2.45) is 0 Å². The maximum atomic E-state index is 4.77. The molecule has 1 aromatic heterocycles. The first kappa shape index (κ1) is 12.7. The normalized spacial score (nSPS) is 17.6. The van der Waals surface area contributed by atoms with E-state index in [1.54, 1.807) is 11.3 Å². The second-order valence-electron chi connectivity index (χ2n) is 5.45. The van der Waals surface area contributed by atoms with Gasteiger partial charge in [0.2, 0.25) is 0 Å². The SMILES string of the molecule is CC1CNc2ccccc2N1Cc1nc2ccccc2s1. The number of fused-ring (bicyclic) bond motifs is 2. The first-order valence-corrected chi connectivity index (χ1v) is 8.07. The summed E-state index contributed by atoms with van der Waals surface area (Å²) in [5.74, 6) is 0. The smallest absolute Gasteiger partial charge is 0.113 e. The molecular weight excluding hydrogens is 278 g/mol. The van der Waals surface area contributed by atoms with Crippen LogP contribution in [0.15, 0.2) is 48.5 Å². The quantitative estimate of drug-likeness (QED) is 0.771. The van der Waals surface area contributed by atoms with Crippen LogP contribution in [0.4, 0.5) is 11.4 Å². The zero-order valence-corrected chi connectivity index (χ0v) is 12.7. The third-order valence-corrected chi connectivity index (χ3v) is 5.00. The lowest BCUT2D eigenvalue weighted by molar-refractivity contribution is 0.640. The van der Waals surface area contributed by atoms with Gasteiger partial charge in [-0.25, -0.2) is 4.98 Å². The number of hydrogen-bond acceptors (Lipinski definition) is 4. The first-order chi connectivity index (χ1) is 10.3. The highest BCUT2D eigenvalue weighted by atomic mass is 32.1. The van der Waals surface area contributed by atoms with Gasteiger partial charge in [0.25, 0.3) is 0 Å². The van der Waals surface area contributed by atoms with Gasteiger partial charge in [-0.3, -0.25) is 0 Å². The van der Waals surface area contributed by atoms with E-state index in [4.69, 9.17) is 4.98 Å². The van der Waals surface area contributed by atoms with Crippen molar-refractivity contribution in [3.05, 3.63) is 53.5 Å². The number of rotatable bonds is 2. The Morgan fingerprint density at radius 3 is 2.90 bits per heavy atom. The molecule has 3 aromatic rings. The molecule has 1 unspecified atom stereocenters. The van der Waals surface area contributed by atoms with Gasteiger partial charge in [0.1, 0.15) is 5.01 Å². The molecule has 0 fully saturated rings. The molecule has 0 saturated heterocycles. The lowest BCUT2D eigenvalue weighted by atomic mass is 10.1. The molecule has 1 aliphatic rings. The van der Waals surface area contributed by atoms with Crippen molar-refractivity contribution in [3.63, 3.8) is 0 Å². The van der Waals surface area contributed by atoms with Crippen LogP contribution in [-0.2, 0) is 6.54 Å². The van der Waals surface area contributed by atoms with E-state index in [1.807, 2.05) is 0 Å². The average Bonchev–Trinajstić information content (AvgIpc) is 2.92. The van der Waals surface area contributed by atoms with Gasteiger partial charge in [-0.05, 0) is 31.2 Å². The van der Waals surface area contributed by atoms with Crippen molar-refractivity contribution >= 4 is 32.9 Å². The minimum Gasteiger partial charge on any atom is -0.381 e. The average molecular weight is 295 g/mol. The van der Waals surface area contributed by atoms with E-state index in [0.717, 1.165) is 18.6 Å². The topological polar surface area (TPSA) is 28.2 Å². The Bertz CT molecular complexity index is 747. The summed E-state index contributed by atoms with van der Waals surface area (Å²) >= 11 is 1.79. The van der Waals surface area contributed by atoms with Gasteiger partial charge >= 0.3 is 0 Å². The van der Waals surface area contributed by atoms with E-state index in [1.165, 1.54) is 21.1 Å². The minimum atomic E-state index is 0.465. The fraction of sp³-hybridized carbons (Fsp3) is 0.235. The fourth-order valence-corrected chi connectivity index (χ4v) is 3.82. The molecule has 3 nitrogen and oxygen atoms in total. The van der Waals surface area contributed by atoms with E-state index in [9.17, 15) is 0 Å². The van der Waals surface area contributed by atoms with Crippen LogP contribution < -0.4 is 10.2 Å². The Morgan fingerprint density at radius 2 is 2.00 bits per heavy atom. The maximum absolute atomic E-state index is 4.77. The Kier molecular flexibility index (Phi) is 3.04. The van der Waals surface area contributed by atoms with Crippen LogP contribution in [0.2, 0.25) is 0 Å². The predicted molar refractivity (Wildman–Crippen MR) is 90.2 cm³/mol. The lowest BCUT2D eigenvalue weighted by Crippen LogP contribution is -2.41. The van der Waals surface area contributed by atoms with E-state index in [-0.39, 0.29) is 0 Å². The first-order valence-electron chi connectivity index (χ1n) is 7.25. The summed E-state index contributed by atoms with van der Waals surface area (Å²) in [6.07, 6.45) is 0. The molecule has 0 saturated carbocycles. The number of hydrogen-bond donors (Lipinski definition) is 1. The number of thiazole rings is 1. The van der Waals surface area contributed by atoms with E-state index in [2.05, 4.69) is 65.7 Å². The molecule has 0 radical (unpaired) electrons. The van der Waals surface area contributed by atoms with Crippen LogP contribution in [0.3, 0.4) is 0 Å². The molecule has 2 heterocycles. The minimum absolute atomic E-state index is 0.465. The molecule has 4 rings (SSSR count). The van der Waals surface area contributed by atoms with Gasteiger partial charge in [0.05, 0.1) is 28.1 Å². The number of benzene rings is 2. The van der Waals surface area contributed by atoms with E-state index in [0.29, 0.717) is 6.04 Å². The second-order valence-corrected chi connectivity index (χ2v) is 6.57. The molecule has 0 amide bonds. The number of nitrogens with zero attached hydrogens (tertiary/aromatic N) is 2. The van der Waals surface area contributed by atoms with Crippen LogP contribution in [0, 0.1) is 0 Å². The molecular formula is C17H17N3S. The highest BCUT2D eigenvalue weighted by Crippen LogP contribution is 2.33. The standard InChI is InChI=1S/C17H17N3S/c1-12-10-18-13-6-2-4-8-15(13)20(12)11-17-19-14-7-3-5-9-16(14)21-17/h2-9,12,18H,10-11H2,1H3. The molecule has 0 spiro atoms. The zero-order chi connectivity index (χ0) is 14.2. The predicted octanol–water partition coefficient (Wildman–Crippen LogP) is 4.12. The van der Waals surface area contributed by atoms with Crippen LogP contribution in [-0.4, -0.2) is 17.6 Å². The van der Waals surface area contributed by atoms with Gasteiger partial charge in [-0.15, -0.1) is 11.3 Å². The van der Waals surface area contributed by atoms with Crippen LogP contribution in [0.5, 0.6) is 0 Å². The Morgan fingerprint density at radius 1 is 1.19 bits per heavy atom. The van der Waals surface area contributed by atoms with Crippen molar-refractivity contribution in [2.75, 3.05) is 16.8 Å². The van der Waals surface area contributed by atoms with Gasteiger partial charge in [0.15, 0.2) is 0 Å². The van der Waals surface area contributed by atoms with Crippen LogP contribution >= 0.6 is 11.3 Å². The summed E-state index contributed by atoms with van der Waals surface area (Å²) < 4.78 is 1.27. The Balaban J connectivity index is 1.69. The van der Waals surface area contributed by atoms with Crippen LogP contribution in [0.25, 0.3) is 10.2 Å². The molecule has 1 atom stereocenters. The summed E-state index contributed by atoms with van der Waals surface area (Å²) in [6, 6.07) is 17.3. The Hall–Kier alpha value is -2.07. The van der Waals surface area contributed by atoms with Crippen molar-refractivity contribution in [2.45, 2.75) is 19.5 Å². The fourth-order valence-electron chi connectivity index (χ4n) is 2.85. The van der Waals surface area contributed by atoms with Crippen molar-refractivity contribution in [3.8, 4) is 0 Å². The number of nitrogens with one attached hydrogen (secondary N) is 1. The molecule has 21 heavy (non-hydrogen) atoms. The van der Waals surface area contributed by atoms with Gasteiger partial charge in [-0.2, -0.15) is 0 Å². The van der Waals surface area contributed by atoms with E-state index >= 15 is 0 Å². The molecule has 1 aliphatic heterocycles. The van der Waals surface area contributed by atoms with Crippen molar-refractivity contribution < 1.29 is 0 Å². The molecule has 2 aromatic carbocycles. The highest BCUT2D eigenvalue weighted by molar-refractivity contribution is 7.18. The molecule has 106 valence electrons. The largest absolute Gasteiger partial charge is 0.381 e. The number of aromatic nitrogens is 1. The number of para-hydroxylation sites is 3. The number of anilines is 2. The molecule has 0 aliphatic carbocycles. The van der Waals surface area contributed by atoms with Gasteiger partial charge in [-0.1, -0.05) is 24.3 Å². The van der Waals surface area contributed by atoms with Crippen molar-refractivity contribution in [1.82, 2.24) is 4.98 Å². The van der Waals surface area contributed by atoms with Gasteiger partial charge < -0.3 is 10.2 Å². The van der Waals surface area contributed by atoms with Gasteiger partial charge in [0, 0.05) is 12.6 Å². The lowest BCUT2D eigenvalue weighted by Gasteiger charge is -2.37. The zero-order valence-electron chi connectivity index (χ0n) is 11.9. The summed E-state index contributed by atoms with van der Waals surface area (Å²) in [7, 11) is 0. The third kappa shape index (κ3) is 2.25. The van der Waals surface area contributed by atoms with Crippen molar-refractivity contribution in [1.29, 1.82) is 0 Å². The molecule has 1 N–H and O–H groups in total. The Labute approximate surface area is 128 Å². The van der Waals surface area contributed by atoms with Crippen LogP contribution in [0.1, 0.15) is 11.9 Å². The highest BCUT2D eigenvalue weighted by Gasteiger charge is 2.23. The monoisotopic (exact) mass is 295 g/mol. The molecule has 4 heteroatoms. The summed E-state index contributed by atoms with van der Waals surface area (Å²) in [4.78, 5) is 7.22.